The van der Waals surface area contributed by atoms with Crippen LogP contribution in [0, 0.1) is 0 Å². The molecule has 0 radical (unpaired) electrons. The maximum Gasteiger partial charge on any atom is 0.335 e. The van der Waals surface area contributed by atoms with Crippen LogP contribution in [0.15, 0.2) is 109 Å². The van der Waals surface area contributed by atoms with Crippen LogP contribution in [-0.2, 0) is 42.9 Å². The molecule has 0 saturated carbocycles. The summed E-state index contributed by atoms with van der Waals surface area (Å²) < 4.78 is 28.4. The minimum atomic E-state index is -1.92. The van der Waals surface area contributed by atoms with Crippen LogP contribution in [0.3, 0.4) is 0 Å². The van der Waals surface area contributed by atoms with Crippen LogP contribution in [0.5, 0.6) is 0 Å². The van der Waals surface area contributed by atoms with Crippen molar-refractivity contribution < 1.29 is 58.2 Å². The van der Waals surface area contributed by atoms with E-state index >= 15 is 0 Å². The van der Waals surface area contributed by atoms with E-state index in [2.05, 4.69) is 130 Å². The summed E-state index contributed by atoms with van der Waals surface area (Å²) in [6.45, 7) is 5.68. The van der Waals surface area contributed by atoms with E-state index in [-0.39, 0.29) is 25.9 Å². The normalized spacial score (nSPS) is 18.8. The fourth-order valence-corrected chi connectivity index (χ4v) is 8.28. The molecule has 3 N–H and O–H groups in total. The number of unbranched alkanes of at least 4 members (excludes halogenated alkanes) is 17. The molecular weight excluding hydrogens is 973 g/mol. The van der Waals surface area contributed by atoms with Crippen molar-refractivity contribution in [2.24, 2.45) is 0 Å². The van der Waals surface area contributed by atoms with Crippen molar-refractivity contribution in [2.45, 2.75) is 263 Å². The Morgan fingerprint density at radius 3 is 1.27 bits per heavy atom. The number of carboxylic acid groups (broad SMARTS) is 1. The Morgan fingerprint density at radius 2 is 0.818 bits per heavy atom. The van der Waals surface area contributed by atoms with Gasteiger partial charge in [-0.3, -0.25) is 14.4 Å². The number of aliphatic hydroxyl groups is 2. The van der Waals surface area contributed by atoms with Gasteiger partial charge in [0.05, 0.1) is 6.61 Å². The van der Waals surface area contributed by atoms with Crippen LogP contribution < -0.4 is 0 Å². The first-order valence-electron chi connectivity index (χ1n) is 29.9. The van der Waals surface area contributed by atoms with Gasteiger partial charge in [-0.1, -0.05) is 194 Å². The van der Waals surface area contributed by atoms with Crippen LogP contribution in [0.25, 0.3) is 0 Å². The SMILES string of the molecule is CC/C=C\C/C=C\C/C=C\C/C=C\CCCCC(=O)OC(COC(=O)CCCCCCCCC/C=C\C/C=C\C/C=C\CC)COC1OC(C(=O)O)C(O)C(O)C1OC(=O)CCCCCCC/C=C\C/C=C\CCCCC. The molecule has 0 bridgehead atoms. The van der Waals surface area contributed by atoms with Gasteiger partial charge in [0, 0.05) is 19.3 Å². The van der Waals surface area contributed by atoms with Gasteiger partial charge in [0.2, 0.25) is 0 Å². The summed E-state index contributed by atoms with van der Waals surface area (Å²) in [5.74, 6) is -3.22. The zero-order chi connectivity index (χ0) is 56.1. The molecule has 1 aliphatic rings. The number of carboxylic acids is 1. The fraction of sp³-hybridized carbons (Fsp3) is 0.662. The molecule has 6 atom stereocenters. The zero-order valence-corrected chi connectivity index (χ0v) is 47.9. The Labute approximate surface area is 465 Å². The van der Waals surface area contributed by atoms with Gasteiger partial charge in [-0.25, -0.2) is 4.79 Å². The summed E-state index contributed by atoms with van der Waals surface area (Å²) in [5.41, 5.74) is 0. The molecular formula is C65H104O12. The van der Waals surface area contributed by atoms with Crippen molar-refractivity contribution in [1.29, 1.82) is 0 Å². The number of carbonyl (C=O) groups is 4. The molecule has 77 heavy (non-hydrogen) atoms. The molecule has 1 rings (SSSR count). The van der Waals surface area contributed by atoms with Crippen molar-refractivity contribution in [3.05, 3.63) is 109 Å². The molecule has 0 aromatic heterocycles. The smallest absolute Gasteiger partial charge is 0.335 e. The lowest BCUT2D eigenvalue weighted by atomic mass is 9.98. The highest BCUT2D eigenvalue weighted by Gasteiger charge is 2.50. The highest BCUT2D eigenvalue weighted by Crippen LogP contribution is 2.26. The van der Waals surface area contributed by atoms with E-state index in [9.17, 15) is 34.5 Å². The van der Waals surface area contributed by atoms with Crippen molar-refractivity contribution in [3.8, 4) is 0 Å². The zero-order valence-electron chi connectivity index (χ0n) is 47.9. The van der Waals surface area contributed by atoms with Crippen molar-refractivity contribution >= 4 is 23.9 Å². The third kappa shape index (κ3) is 42.1. The van der Waals surface area contributed by atoms with Crippen molar-refractivity contribution in [3.63, 3.8) is 0 Å². The van der Waals surface area contributed by atoms with Crippen LogP contribution in [0.4, 0.5) is 0 Å². The Kier molecular flexibility index (Phi) is 47.6. The molecule has 0 amide bonds. The molecule has 1 saturated heterocycles. The Hall–Kier alpha value is -4.62. The first kappa shape index (κ1) is 70.4. The second kappa shape index (κ2) is 52.1. The summed E-state index contributed by atoms with van der Waals surface area (Å²) in [6.07, 6.45) is 57.7. The van der Waals surface area contributed by atoms with E-state index in [1.165, 1.54) is 25.7 Å². The van der Waals surface area contributed by atoms with Gasteiger partial charge in [-0.05, 0) is 122 Å². The fourth-order valence-electron chi connectivity index (χ4n) is 8.28. The Balaban J connectivity index is 2.74. The summed E-state index contributed by atoms with van der Waals surface area (Å²) >= 11 is 0. The first-order valence-corrected chi connectivity index (χ1v) is 29.9. The maximum atomic E-state index is 13.1. The number of allylic oxidation sites excluding steroid dienone is 18. The summed E-state index contributed by atoms with van der Waals surface area (Å²) in [4.78, 5) is 51.2. The molecule has 0 spiro atoms. The molecule has 1 fully saturated rings. The molecule has 6 unspecified atom stereocenters. The molecule has 0 aromatic rings. The molecule has 1 heterocycles. The summed E-state index contributed by atoms with van der Waals surface area (Å²) in [6, 6.07) is 0. The van der Waals surface area contributed by atoms with Crippen LogP contribution >= 0.6 is 0 Å². The molecule has 1 aliphatic heterocycles. The van der Waals surface area contributed by atoms with E-state index in [4.69, 9.17) is 23.7 Å². The maximum absolute atomic E-state index is 13.1. The average molecular weight is 1080 g/mol. The summed E-state index contributed by atoms with van der Waals surface area (Å²) in [7, 11) is 0. The van der Waals surface area contributed by atoms with Gasteiger partial charge < -0.3 is 39.0 Å². The largest absolute Gasteiger partial charge is 0.479 e. The quantitative estimate of drug-likeness (QED) is 0.0228. The van der Waals surface area contributed by atoms with Crippen molar-refractivity contribution in [1.82, 2.24) is 0 Å². The predicted octanol–water partition coefficient (Wildman–Crippen LogP) is 15.4. The van der Waals surface area contributed by atoms with Crippen LogP contribution in [-0.4, -0.2) is 89.2 Å². The Morgan fingerprint density at radius 1 is 0.442 bits per heavy atom. The van der Waals surface area contributed by atoms with Gasteiger partial charge in [0.25, 0.3) is 0 Å². The average Bonchev–Trinajstić information content (AvgIpc) is 3.43. The highest BCUT2D eigenvalue weighted by atomic mass is 16.7. The van der Waals surface area contributed by atoms with E-state index < -0.39 is 67.3 Å². The third-order valence-corrected chi connectivity index (χ3v) is 12.8. The second-order valence-electron chi connectivity index (χ2n) is 19.9. The van der Waals surface area contributed by atoms with Gasteiger partial charge in [0.15, 0.2) is 24.6 Å². The van der Waals surface area contributed by atoms with Gasteiger partial charge in [-0.15, -0.1) is 0 Å². The molecule has 0 aliphatic carbocycles. The van der Waals surface area contributed by atoms with E-state index in [1.54, 1.807) is 0 Å². The van der Waals surface area contributed by atoms with E-state index in [0.29, 0.717) is 19.3 Å². The number of ether oxygens (including phenoxy) is 5. The molecule has 12 nitrogen and oxygen atoms in total. The predicted molar refractivity (Wildman–Crippen MR) is 312 cm³/mol. The molecule has 436 valence electrons. The number of hydrogen-bond donors (Lipinski definition) is 3. The molecule has 12 heteroatoms. The number of esters is 3. The lowest BCUT2D eigenvalue weighted by Crippen LogP contribution is -2.61. The van der Waals surface area contributed by atoms with Crippen molar-refractivity contribution in [2.75, 3.05) is 13.2 Å². The number of aliphatic hydroxyl groups excluding tert-OH is 2. The number of aliphatic carboxylic acids is 1. The summed E-state index contributed by atoms with van der Waals surface area (Å²) in [5, 5.41) is 31.5. The van der Waals surface area contributed by atoms with Gasteiger partial charge in [-0.2, -0.15) is 0 Å². The number of hydrogen-bond acceptors (Lipinski definition) is 11. The molecule has 0 aromatic carbocycles. The van der Waals surface area contributed by atoms with E-state index in [0.717, 1.165) is 141 Å². The minimum Gasteiger partial charge on any atom is -0.479 e. The topological polar surface area (TPSA) is 175 Å². The standard InChI is InChI=1S/C65H104O12/c1-4-7-10-13-16-19-22-25-28-29-32-33-36-39-42-45-48-51-57(66)73-54-56(75-58(67)52-49-46-43-40-37-34-30-26-23-20-17-14-11-8-5-2)55-74-65-63(61(70)60(69)62(77-65)64(71)72)76-59(68)53-50-47-44-41-38-35-31-27-24-21-18-15-12-9-6-3/h7-8,10-11,16-21,25-28,30-31,37,40,56,60-63,65,69-70H,4-6,9,12-15,22-24,29,32-36,38-39,41-55H2,1-3H3,(H,71,72)/b10-7-,11-8-,19-16-,20-17-,21-18-,28-25-,30-26-,31-27-,40-37-. The number of rotatable bonds is 49. The second-order valence-corrected chi connectivity index (χ2v) is 19.9. The number of carbonyl (C=O) groups excluding carboxylic acids is 3. The lowest BCUT2D eigenvalue weighted by molar-refractivity contribution is -0.301. The highest BCUT2D eigenvalue weighted by molar-refractivity contribution is 5.74. The van der Waals surface area contributed by atoms with Crippen LogP contribution in [0.1, 0.15) is 226 Å². The monoisotopic (exact) mass is 1080 g/mol. The van der Waals surface area contributed by atoms with Gasteiger partial charge in [0.1, 0.15) is 18.8 Å². The van der Waals surface area contributed by atoms with Crippen LogP contribution in [0.2, 0.25) is 0 Å². The lowest BCUT2D eigenvalue weighted by Gasteiger charge is -2.40. The van der Waals surface area contributed by atoms with Gasteiger partial charge >= 0.3 is 23.9 Å². The Bertz CT molecular complexity index is 1750. The third-order valence-electron chi connectivity index (χ3n) is 12.8. The first-order chi connectivity index (χ1) is 37.6. The van der Waals surface area contributed by atoms with E-state index in [1.807, 2.05) is 0 Å². The minimum absolute atomic E-state index is 0.0333.